The Morgan fingerprint density at radius 3 is 3.00 bits per heavy atom. The summed E-state index contributed by atoms with van der Waals surface area (Å²) >= 11 is 3.48. The average Bonchev–Trinajstić information content (AvgIpc) is 3.06. The number of nitrogens with two attached hydrogens (primary N) is 1. The molecule has 2 aromatic rings. The van der Waals surface area contributed by atoms with E-state index >= 15 is 0 Å². The van der Waals surface area contributed by atoms with E-state index in [1.807, 2.05) is 17.0 Å². The number of nitrogen functional groups attached to an aromatic ring is 1. The summed E-state index contributed by atoms with van der Waals surface area (Å²) in [5, 5.41) is 6.51. The van der Waals surface area contributed by atoms with Crippen molar-refractivity contribution < 1.29 is 4.79 Å². The number of anilines is 1. The number of halogens is 1. The largest absolute Gasteiger partial charge is 0.382 e. The van der Waals surface area contributed by atoms with Gasteiger partial charge in [0.1, 0.15) is 11.5 Å². The predicted octanol–water partition coefficient (Wildman–Crippen LogP) is 2.73. The minimum absolute atomic E-state index is 0.0447. The van der Waals surface area contributed by atoms with Crippen LogP contribution in [0, 0.1) is 0 Å². The summed E-state index contributed by atoms with van der Waals surface area (Å²) in [5.41, 5.74) is 7.16. The van der Waals surface area contributed by atoms with Gasteiger partial charge < -0.3 is 10.6 Å². The highest BCUT2D eigenvalue weighted by Crippen LogP contribution is 2.34. The smallest absolute Gasteiger partial charge is 0.272 e. The molecule has 104 valence electrons. The number of nitrogens with zero attached hydrogens (tertiary/aromatic N) is 2. The quantitative estimate of drug-likeness (QED) is 0.886. The second-order valence-corrected chi connectivity index (χ2v) is 5.83. The molecule has 1 aromatic heterocycles. The molecule has 6 heteroatoms. The SMILES string of the molecule is Nc1cc(C(=O)N2CCCC2c2cccc(Br)c2)[nH]n1. The van der Waals surface area contributed by atoms with Crippen molar-refractivity contribution in [2.24, 2.45) is 0 Å². The molecule has 1 aliphatic heterocycles. The van der Waals surface area contributed by atoms with Crippen LogP contribution in [0.15, 0.2) is 34.8 Å². The molecule has 0 bridgehead atoms. The van der Waals surface area contributed by atoms with Crippen LogP contribution in [0.3, 0.4) is 0 Å². The monoisotopic (exact) mass is 334 g/mol. The van der Waals surface area contributed by atoms with Crippen molar-refractivity contribution >= 4 is 27.7 Å². The van der Waals surface area contributed by atoms with Crippen molar-refractivity contribution in [3.8, 4) is 0 Å². The maximum Gasteiger partial charge on any atom is 0.272 e. The molecule has 0 spiro atoms. The second kappa shape index (κ2) is 5.28. The Morgan fingerprint density at radius 1 is 1.45 bits per heavy atom. The van der Waals surface area contributed by atoms with Gasteiger partial charge in [0.25, 0.3) is 5.91 Å². The van der Waals surface area contributed by atoms with Gasteiger partial charge in [-0.1, -0.05) is 28.1 Å². The van der Waals surface area contributed by atoms with E-state index in [9.17, 15) is 4.79 Å². The third-order valence-corrected chi connectivity index (χ3v) is 4.07. The average molecular weight is 335 g/mol. The van der Waals surface area contributed by atoms with Crippen molar-refractivity contribution in [3.63, 3.8) is 0 Å². The normalized spacial score (nSPS) is 18.4. The predicted molar refractivity (Wildman–Crippen MR) is 80.2 cm³/mol. The lowest BCUT2D eigenvalue weighted by Gasteiger charge is -2.24. The number of aromatic amines is 1. The van der Waals surface area contributed by atoms with Gasteiger partial charge in [0.2, 0.25) is 0 Å². The number of carbonyl (C=O) groups excluding carboxylic acids is 1. The van der Waals surface area contributed by atoms with Crippen molar-refractivity contribution in [3.05, 3.63) is 46.1 Å². The standard InChI is InChI=1S/C14H15BrN4O/c15-10-4-1-3-9(7-10)12-5-2-6-19(12)14(20)11-8-13(16)18-17-11/h1,3-4,7-8,12H,2,5-6H2,(H3,16,17,18). The van der Waals surface area contributed by atoms with E-state index in [-0.39, 0.29) is 11.9 Å². The Labute approximate surface area is 125 Å². The maximum absolute atomic E-state index is 12.5. The summed E-state index contributed by atoms with van der Waals surface area (Å²) in [7, 11) is 0. The van der Waals surface area contributed by atoms with Crippen LogP contribution in [0.25, 0.3) is 0 Å². The Morgan fingerprint density at radius 2 is 2.30 bits per heavy atom. The zero-order chi connectivity index (χ0) is 14.1. The van der Waals surface area contributed by atoms with Gasteiger partial charge >= 0.3 is 0 Å². The third kappa shape index (κ3) is 2.43. The number of carbonyl (C=O) groups is 1. The van der Waals surface area contributed by atoms with Crippen LogP contribution in [0.4, 0.5) is 5.82 Å². The summed E-state index contributed by atoms with van der Waals surface area (Å²) in [5.74, 6) is 0.295. The molecule has 0 radical (unpaired) electrons. The fourth-order valence-electron chi connectivity index (χ4n) is 2.67. The topological polar surface area (TPSA) is 75.0 Å². The number of aromatic nitrogens is 2. The van der Waals surface area contributed by atoms with E-state index in [0.717, 1.165) is 29.4 Å². The van der Waals surface area contributed by atoms with Crippen LogP contribution < -0.4 is 5.73 Å². The van der Waals surface area contributed by atoms with E-state index < -0.39 is 0 Å². The minimum Gasteiger partial charge on any atom is -0.382 e. The van der Waals surface area contributed by atoms with E-state index in [2.05, 4.69) is 38.3 Å². The molecule has 5 nitrogen and oxygen atoms in total. The summed E-state index contributed by atoms with van der Waals surface area (Å²) in [6.07, 6.45) is 1.98. The van der Waals surface area contributed by atoms with Gasteiger partial charge in [-0.2, -0.15) is 5.10 Å². The number of H-pyrrole nitrogens is 1. The lowest BCUT2D eigenvalue weighted by molar-refractivity contribution is 0.0729. The van der Waals surface area contributed by atoms with Crippen molar-refractivity contribution in [1.29, 1.82) is 0 Å². The molecule has 1 aromatic carbocycles. The summed E-state index contributed by atoms with van der Waals surface area (Å²) in [6.45, 7) is 0.759. The Hall–Kier alpha value is -1.82. The molecule has 0 saturated carbocycles. The second-order valence-electron chi connectivity index (χ2n) is 4.92. The van der Waals surface area contributed by atoms with Crippen molar-refractivity contribution in [2.75, 3.05) is 12.3 Å². The molecule has 2 heterocycles. The summed E-state index contributed by atoms with van der Waals surface area (Å²) < 4.78 is 1.03. The van der Waals surface area contributed by atoms with E-state index in [0.29, 0.717) is 11.5 Å². The molecule has 20 heavy (non-hydrogen) atoms. The molecule has 3 N–H and O–H groups in total. The van der Waals surface area contributed by atoms with Gasteiger partial charge in [-0.3, -0.25) is 9.89 Å². The first-order valence-corrected chi connectivity index (χ1v) is 7.32. The highest BCUT2D eigenvalue weighted by Gasteiger charge is 2.31. The Balaban J connectivity index is 1.87. The first kappa shape index (κ1) is 13.2. The van der Waals surface area contributed by atoms with E-state index in [1.165, 1.54) is 0 Å². The van der Waals surface area contributed by atoms with Gasteiger partial charge in [0.05, 0.1) is 6.04 Å². The van der Waals surface area contributed by atoms with E-state index in [4.69, 9.17) is 5.73 Å². The number of hydrogen-bond acceptors (Lipinski definition) is 3. The molecular formula is C14H15BrN4O. The molecule has 0 aliphatic carbocycles. The number of nitrogens with one attached hydrogen (secondary N) is 1. The highest BCUT2D eigenvalue weighted by atomic mass is 79.9. The van der Waals surface area contributed by atoms with Gasteiger partial charge in [0, 0.05) is 17.1 Å². The van der Waals surface area contributed by atoms with Crippen LogP contribution in [0.2, 0.25) is 0 Å². The molecule has 1 fully saturated rings. The number of hydrogen-bond donors (Lipinski definition) is 2. The summed E-state index contributed by atoms with van der Waals surface area (Å²) in [4.78, 5) is 14.4. The van der Waals surface area contributed by atoms with Gasteiger partial charge in [-0.05, 0) is 30.5 Å². The number of amides is 1. The number of likely N-dealkylation sites (tertiary alicyclic amines) is 1. The van der Waals surface area contributed by atoms with Crippen LogP contribution in [0.1, 0.15) is 34.9 Å². The molecule has 1 atom stereocenters. The van der Waals surface area contributed by atoms with Crippen molar-refractivity contribution in [2.45, 2.75) is 18.9 Å². The van der Waals surface area contributed by atoms with Gasteiger partial charge in [-0.15, -0.1) is 0 Å². The van der Waals surface area contributed by atoms with Crippen LogP contribution in [-0.2, 0) is 0 Å². The minimum atomic E-state index is -0.0447. The lowest BCUT2D eigenvalue weighted by Crippen LogP contribution is -2.30. The molecule has 1 aliphatic rings. The highest BCUT2D eigenvalue weighted by molar-refractivity contribution is 9.10. The first-order chi connectivity index (χ1) is 9.65. The van der Waals surface area contributed by atoms with Crippen LogP contribution >= 0.6 is 15.9 Å². The third-order valence-electron chi connectivity index (χ3n) is 3.58. The Kier molecular flexibility index (Phi) is 3.48. The lowest BCUT2D eigenvalue weighted by atomic mass is 10.0. The molecule has 1 unspecified atom stereocenters. The van der Waals surface area contributed by atoms with E-state index in [1.54, 1.807) is 6.07 Å². The molecule has 1 amide bonds. The van der Waals surface area contributed by atoms with Crippen LogP contribution in [-0.4, -0.2) is 27.5 Å². The maximum atomic E-state index is 12.5. The zero-order valence-electron chi connectivity index (χ0n) is 10.8. The molecule has 3 rings (SSSR count). The van der Waals surface area contributed by atoms with Gasteiger partial charge in [-0.25, -0.2) is 0 Å². The molecular weight excluding hydrogens is 320 g/mol. The van der Waals surface area contributed by atoms with Gasteiger partial charge in [0.15, 0.2) is 0 Å². The Bertz CT molecular complexity index is 640. The fraction of sp³-hybridized carbons (Fsp3) is 0.286. The number of benzene rings is 1. The van der Waals surface area contributed by atoms with Crippen molar-refractivity contribution in [1.82, 2.24) is 15.1 Å². The van der Waals surface area contributed by atoms with Crippen LogP contribution in [0.5, 0.6) is 0 Å². The first-order valence-electron chi connectivity index (χ1n) is 6.52. The fourth-order valence-corrected chi connectivity index (χ4v) is 3.09. The number of rotatable bonds is 2. The molecule has 1 saturated heterocycles. The summed E-state index contributed by atoms with van der Waals surface area (Å²) in [6, 6.07) is 9.80. The zero-order valence-corrected chi connectivity index (χ0v) is 12.4.